The lowest BCUT2D eigenvalue weighted by atomic mass is 9.66. The van der Waals surface area contributed by atoms with Gasteiger partial charge in [-0.25, -0.2) is 4.57 Å². The summed E-state index contributed by atoms with van der Waals surface area (Å²) in [6.07, 6.45) is -1.10. The van der Waals surface area contributed by atoms with Crippen molar-refractivity contribution in [2.45, 2.75) is 12.0 Å². The van der Waals surface area contributed by atoms with E-state index in [0.717, 1.165) is 0 Å². The Morgan fingerprint density at radius 2 is 1.53 bits per heavy atom. The summed E-state index contributed by atoms with van der Waals surface area (Å²) in [7, 11) is -0.430. The van der Waals surface area contributed by atoms with E-state index >= 15 is 0 Å². The van der Waals surface area contributed by atoms with Gasteiger partial charge in [-0.15, -0.1) is 0 Å². The molecule has 2 aromatic rings. The fourth-order valence-electron chi connectivity index (χ4n) is 5.08. The summed E-state index contributed by atoms with van der Waals surface area (Å²) in [6.45, 7) is -0.0467. The third-order valence-corrected chi connectivity index (χ3v) is 6.92. The second-order valence-corrected chi connectivity index (χ2v) is 9.30. The number of carbonyl (C=O) groups excluding carboxylic acids is 1. The van der Waals surface area contributed by atoms with Crippen LogP contribution in [-0.2, 0) is 18.6 Å². The summed E-state index contributed by atoms with van der Waals surface area (Å²) < 4.78 is 49.9. The summed E-state index contributed by atoms with van der Waals surface area (Å²) in [4.78, 5) is 32.2. The summed E-state index contributed by atoms with van der Waals surface area (Å²) in [5.74, 6) is -0.443. The normalized spacial score (nSPS) is 24.8. The zero-order valence-electron chi connectivity index (χ0n) is 18.5. The number of rotatable bonds is 6. The molecular weight excluding hydrogens is 471 g/mol. The molecule has 1 aliphatic carbocycles. The minimum atomic E-state index is -4.90. The lowest BCUT2D eigenvalue weighted by molar-refractivity contribution is -0.141. The number of carbonyl (C=O) groups is 1. The molecule has 0 aromatic heterocycles. The Morgan fingerprint density at radius 1 is 0.912 bits per heavy atom. The number of fused-ring (bicyclic) bond motifs is 3. The summed E-state index contributed by atoms with van der Waals surface area (Å²) in [5.41, 5.74) is 1.74. The standard InChI is InChI=1S/C22H23O11P/c1-27-16-4-10(5-17(28-2)21(16)29-3)18-11-6-14-15(32-9-31-14)7-12(11)20(33-34(24,25)26)13-8-30-22(23)19(13)18/h4-7,13,18-20H,8-9H2,1-3H3,(H2,24,25,26)/t13-,18+,19+,20-/m0/s1. The molecular formula is C22H23O11P. The van der Waals surface area contributed by atoms with Crippen LogP contribution in [-0.4, -0.2) is 50.5 Å². The lowest BCUT2D eigenvalue weighted by Crippen LogP contribution is -2.35. The summed E-state index contributed by atoms with van der Waals surface area (Å²) in [5, 5.41) is 0. The maximum atomic E-state index is 13.0. The topological polar surface area (TPSA) is 139 Å². The highest BCUT2D eigenvalue weighted by atomic mass is 31.2. The quantitative estimate of drug-likeness (QED) is 0.452. The Balaban J connectivity index is 1.75. The van der Waals surface area contributed by atoms with Gasteiger partial charge in [-0.05, 0) is 41.0 Å². The second kappa shape index (κ2) is 8.35. The van der Waals surface area contributed by atoms with Gasteiger partial charge < -0.3 is 38.2 Å². The third kappa shape index (κ3) is 3.65. The van der Waals surface area contributed by atoms with E-state index in [2.05, 4.69) is 0 Å². The van der Waals surface area contributed by atoms with E-state index in [9.17, 15) is 19.1 Å². The van der Waals surface area contributed by atoms with Gasteiger partial charge in [0.1, 0.15) is 6.10 Å². The molecule has 2 aliphatic heterocycles. The Morgan fingerprint density at radius 3 is 2.09 bits per heavy atom. The molecule has 0 amide bonds. The minimum Gasteiger partial charge on any atom is -0.493 e. The minimum absolute atomic E-state index is 0.00594. The van der Waals surface area contributed by atoms with Crippen LogP contribution < -0.4 is 23.7 Å². The third-order valence-electron chi connectivity index (χ3n) is 6.42. The first-order valence-corrected chi connectivity index (χ1v) is 11.9. The van der Waals surface area contributed by atoms with Gasteiger partial charge in [-0.3, -0.25) is 9.32 Å². The zero-order chi connectivity index (χ0) is 24.2. The van der Waals surface area contributed by atoms with Crippen LogP contribution in [0.5, 0.6) is 28.7 Å². The van der Waals surface area contributed by atoms with Gasteiger partial charge in [0.05, 0.1) is 33.9 Å². The molecule has 0 unspecified atom stereocenters. The number of methoxy groups -OCH3 is 3. The first kappa shape index (κ1) is 22.8. The molecule has 2 aromatic carbocycles. The largest absolute Gasteiger partial charge is 0.493 e. The molecule has 12 heteroatoms. The van der Waals surface area contributed by atoms with E-state index in [1.807, 2.05) is 0 Å². The van der Waals surface area contributed by atoms with E-state index in [1.165, 1.54) is 21.3 Å². The SMILES string of the molecule is COc1cc([C@@H]2c3cc4c(cc3[C@H](OP(=O)(O)O)[C@H]3COC(=O)[C@@H]23)OCO4)cc(OC)c1OC. The predicted molar refractivity (Wildman–Crippen MR) is 114 cm³/mol. The first-order chi connectivity index (χ1) is 16.3. The molecule has 0 spiro atoms. The number of benzene rings is 2. The molecule has 1 saturated heterocycles. The number of phosphoric ester groups is 1. The number of phosphoric acid groups is 1. The van der Waals surface area contributed by atoms with Crippen molar-refractivity contribution in [2.24, 2.45) is 11.8 Å². The second-order valence-electron chi connectivity index (χ2n) is 8.11. The van der Waals surface area contributed by atoms with E-state index in [1.54, 1.807) is 24.3 Å². The van der Waals surface area contributed by atoms with Crippen molar-refractivity contribution in [3.8, 4) is 28.7 Å². The smallest absolute Gasteiger partial charge is 0.470 e. The van der Waals surface area contributed by atoms with Gasteiger partial charge in [0, 0.05) is 11.8 Å². The van der Waals surface area contributed by atoms with Crippen molar-refractivity contribution in [3.63, 3.8) is 0 Å². The highest BCUT2D eigenvalue weighted by Gasteiger charge is 2.54. The molecule has 2 N–H and O–H groups in total. The molecule has 0 bridgehead atoms. The van der Waals surface area contributed by atoms with E-state index in [0.29, 0.717) is 45.4 Å². The van der Waals surface area contributed by atoms with E-state index in [-0.39, 0.29) is 13.4 Å². The van der Waals surface area contributed by atoms with E-state index < -0.39 is 37.6 Å². The van der Waals surface area contributed by atoms with Gasteiger partial charge >= 0.3 is 13.8 Å². The van der Waals surface area contributed by atoms with Gasteiger partial charge in [0.15, 0.2) is 23.0 Å². The average molecular weight is 494 g/mol. The van der Waals surface area contributed by atoms with Crippen LogP contribution in [0.2, 0.25) is 0 Å². The van der Waals surface area contributed by atoms with E-state index in [4.69, 9.17) is 32.9 Å². The van der Waals surface area contributed by atoms with Gasteiger partial charge in [0.25, 0.3) is 0 Å². The molecule has 0 saturated carbocycles. The first-order valence-electron chi connectivity index (χ1n) is 10.4. The van der Waals surface area contributed by atoms with Gasteiger partial charge in [-0.1, -0.05) is 0 Å². The molecule has 4 atom stereocenters. The Hall–Kier alpha value is -2.98. The van der Waals surface area contributed by atoms with Crippen molar-refractivity contribution in [3.05, 3.63) is 41.0 Å². The Bertz CT molecular complexity index is 1160. The maximum Gasteiger partial charge on any atom is 0.470 e. The molecule has 5 rings (SSSR count). The Kier molecular flexibility index (Phi) is 5.60. The van der Waals surface area contributed by atoms with Crippen LogP contribution in [0.25, 0.3) is 0 Å². The lowest BCUT2D eigenvalue weighted by Gasteiger charge is -2.38. The molecule has 34 heavy (non-hydrogen) atoms. The van der Waals surface area contributed by atoms with Gasteiger partial charge in [0.2, 0.25) is 12.5 Å². The van der Waals surface area contributed by atoms with Crippen molar-refractivity contribution in [1.82, 2.24) is 0 Å². The van der Waals surface area contributed by atoms with Crippen molar-refractivity contribution in [2.75, 3.05) is 34.7 Å². The number of esters is 1. The highest BCUT2D eigenvalue weighted by molar-refractivity contribution is 7.46. The van der Waals surface area contributed by atoms with Crippen molar-refractivity contribution >= 4 is 13.8 Å². The molecule has 0 radical (unpaired) electrons. The number of hydrogen-bond donors (Lipinski definition) is 2. The number of hydrogen-bond acceptors (Lipinski definition) is 9. The summed E-state index contributed by atoms with van der Waals surface area (Å²) in [6, 6.07) is 6.84. The monoisotopic (exact) mass is 494 g/mol. The van der Waals surface area contributed by atoms with Crippen molar-refractivity contribution in [1.29, 1.82) is 0 Å². The summed E-state index contributed by atoms with van der Waals surface area (Å²) >= 11 is 0. The molecule has 2 heterocycles. The number of ether oxygens (including phenoxy) is 6. The van der Waals surface area contributed by atoms with Crippen molar-refractivity contribution < 1.29 is 52.1 Å². The van der Waals surface area contributed by atoms with Crippen LogP contribution in [0.3, 0.4) is 0 Å². The van der Waals surface area contributed by atoms with Crippen LogP contribution in [0, 0.1) is 11.8 Å². The van der Waals surface area contributed by atoms with Crippen LogP contribution in [0.15, 0.2) is 24.3 Å². The maximum absolute atomic E-state index is 13.0. The molecule has 3 aliphatic rings. The molecule has 1 fully saturated rings. The fourth-order valence-corrected chi connectivity index (χ4v) is 5.64. The molecule has 182 valence electrons. The fraction of sp³-hybridized carbons (Fsp3) is 0.409. The van der Waals surface area contributed by atoms with Gasteiger partial charge in [-0.2, -0.15) is 0 Å². The van der Waals surface area contributed by atoms with Crippen LogP contribution in [0.1, 0.15) is 28.7 Å². The number of cyclic esters (lactones) is 1. The highest BCUT2D eigenvalue weighted by Crippen LogP contribution is 2.59. The predicted octanol–water partition coefficient (Wildman–Crippen LogP) is 2.53. The van der Waals surface area contributed by atoms with Crippen LogP contribution in [0.4, 0.5) is 0 Å². The Labute approximate surface area is 194 Å². The molecule has 11 nitrogen and oxygen atoms in total. The zero-order valence-corrected chi connectivity index (χ0v) is 19.4. The van der Waals surface area contributed by atoms with Crippen LogP contribution >= 0.6 is 7.82 Å². The average Bonchev–Trinajstić information content (AvgIpc) is 3.42.